The molecule has 2 unspecified atom stereocenters. The van der Waals surface area contributed by atoms with E-state index in [0.29, 0.717) is 18.6 Å². The number of hydrogen-bond donors (Lipinski definition) is 2. The van der Waals surface area contributed by atoms with Crippen LogP contribution in [0.4, 0.5) is 0 Å². The smallest absolute Gasteiger partial charge is 0.259 e. The van der Waals surface area contributed by atoms with Crippen LogP contribution in [0.15, 0.2) is 23.3 Å². The van der Waals surface area contributed by atoms with Gasteiger partial charge in [0.15, 0.2) is 5.43 Å². The Labute approximate surface area is 105 Å². The molecule has 2 aliphatic heterocycles. The first kappa shape index (κ1) is 11.5. The number of likely N-dealkylation sites (tertiary alicyclic amines) is 1. The summed E-state index contributed by atoms with van der Waals surface area (Å²) < 4.78 is 0. The lowest BCUT2D eigenvalue weighted by atomic mass is 10.1. The van der Waals surface area contributed by atoms with Crippen molar-refractivity contribution < 1.29 is 4.79 Å². The number of H-pyrrole nitrogens is 1. The molecule has 2 aliphatic rings. The Balaban J connectivity index is 1.81. The minimum Gasteiger partial charge on any atom is -0.367 e. The lowest BCUT2D eigenvalue weighted by molar-refractivity contribution is 0.0746. The van der Waals surface area contributed by atoms with Gasteiger partial charge in [-0.15, -0.1) is 0 Å². The molecule has 1 aromatic heterocycles. The highest BCUT2D eigenvalue weighted by Crippen LogP contribution is 2.20. The standard InChI is InChI=1S/C13H17N3O2/c17-12-3-5-14-7-11(12)13(18)16-6-4-9-1-2-10(8-16)15-9/h3,5,7,9-10,15H,1-2,4,6,8H2,(H,14,17). The number of carbonyl (C=O) groups excluding carboxylic acids is 1. The molecule has 18 heavy (non-hydrogen) atoms. The predicted molar refractivity (Wildman–Crippen MR) is 67.5 cm³/mol. The molecule has 1 aromatic rings. The summed E-state index contributed by atoms with van der Waals surface area (Å²) in [7, 11) is 0. The topological polar surface area (TPSA) is 65.2 Å². The third-order valence-corrected chi connectivity index (χ3v) is 3.86. The van der Waals surface area contributed by atoms with Gasteiger partial charge >= 0.3 is 0 Å². The summed E-state index contributed by atoms with van der Waals surface area (Å²) in [5.41, 5.74) is 0.0383. The normalized spacial score (nSPS) is 27.0. The number of nitrogens with one attached hydrogen (secondary N) is 2. The van der Waals surface area contributed by atoms with Crippen molar-refractivity contribution in [1.82, 2.24) is 15.2 Å². The molecule has 5 nitrogen and oxygen atoms in total. The number of hydrogen-bond acceptors (Lipinski definition) is 3. The van der Waals surface area contributed by atoms with E-state index in [1.54, 1.807) is 11.1 Å². The van der Waals surface area contributed by atoms with Gasteiger partial charge in [-0.05, 0) is 19.3 Å². The van der Waals surface area contributed by atoms with Crippen molar-refractivity contribution in [2.75, 3.05) is 13.1 Å². The van der Waals surface area contributed by atoms with Crippen molar-refractivity contribution in [3.8, 4) is 0 Å². The van der Waals surface area contributed by atoms with Gasteiger partial charge in [-0.3, -0.25) is 9.59 Å². The Morgan fingerprint density at radius 2 is 2.11 bits per heavy atom. The summed E-state index contributed by atoms with van der Waals surface area (Å²) in [4.78, 5) is 28.6. The zero-order chi connectivity index (χ0) is 12.5. The molecule has 96 valence electrons. The van der Waals surface area contributed by atoms with Crippen LogP contribution in [-0.2, 0) is 0 Å². The molecule has 0 saturated carbocycles. The van der Waals surface area contributed by atoms with E-state index >= 15 is 0 Å². The van der Waals surface area contributed by atoms with Crippen LogP contribution in [0.1, 0.15) is 29.6 Å². The first-order valence-electron chi connectivity index (χ1n) is 6.46. The lowest BCUT2D eigenvalue weighted by Crippen LogP contribution is -2.40. The Bertz CT molecular complexity index is 511. The Morgan fingerprint density at radius 1 is 1.28 bits per heavy atom. The maximum atomic E-state index is 12.3. The fourth-order valence-electron chi connectivity index (χ4n) is 2.88. The van der Waals surface area contributed by atoms with E-state index in [4.69, 9.17) is 0 Å². The van der Waals surface area contributed by atoms with Gasteiger partial charge in [0.2, 0.25) is 0 Å². The van der Waals surface area contributed by atoms with Gasteiger partial charge in [0, 0.05) is 43.6 Å². The van der Waals surface area contributed by atoms with Crippen LogP contribution in [0.3, 0.4) is 0 Å². The largest absolute Gasteiger partial charge is 0.367 e. The van der Waals surface area contributed by atoms with Crippen LogP contribution in [0.2, 0.25) is 0 Å². The molecule has 2 bridgehead atoms. The first-order chi connectivity index (χ1) is 8.74. The van der Waals surface area contributed by atoms with Crippen LogP contribution in [0, 0.1) is 0 Å². The number of aromatic nitrogens is 1. The molecule has 5 heteroatoms. The second-order valence-electron chi connectivity index (χ2n) is 5.10. The SMILES string of the molecule is O=C(c1c[nH]ccc1=O)N1CCC2CCC(C1)N2. The number of carbonyl (C=O) groups is 1. The Hall–Kier alpha value is -1.62. The van der Waals surface area contributed by atoms with Gasteiger partial charge in [0.1, 0.15) is 5.56 Å². The van der Waals surface area contributed by atoms with E-state index in [2.05, 4.69) is 10.3 Å². The molecule has 0 aliphatic carbocycles. The van der Waals surface area contributed by atoms with E-state index in [1.807, 2.05) is 0 Å². The third-order valence-electron chi connectivity index (χ3n) is 3.86. The quantitative estimate of drug-likeness (QED) is 0.752. The average Bonchev–Trinajstić information content (AvgIpc) is 2.69. The highest BCUT2D eigenvalue weighted by molar-refractivity contribution is 5.93. The lowest BCUT2D eigenvalue weighted by Gasteiger charge is -2.23. The number of nitrogens with zero attached hydrogens (tertiary/aromatic N) is 1. The van der Waals surface area contributed by atoms with Crippen molar-refractivity contribution in [2.45, 2.75) is 31.3 Å². The van der Waals surface area contributed by atoms with E-state index < -0.39 is 0 Å². The van der Waals surface area contributed by atoms with E-state index in [-0.39, 0.29) is 16.9 Å². The highest BCUT2D eigenvalue weighted by Gasteiger charge is 2.31. The maximum absolute atomic E-state index is 12.3. The predicted octanol–water partition coefficient (Wildman–Crippen LogP) is 0.341. The second-order valence-corrected chi connectivity index (χ2v) is 5.10. The molecule has 2 atom stereocenters. The summed E-state index contributed by atoms with van der Waals surface area (Å²) in [6.07, 6.45) is 6.36. The van der Waals surface area contributed by atoms with Gasteiger partial charge in [-0.25, -0.2) is 0 Å². The van der Waals surface area contributed by atoms with Gasteiger partial charge in [0.25, 0.3) is 5.91 Å². The van der Waals surface area contributed by atoms with E-state index in [1.165, 1.54) is 18.7 Å². The number of aromatic amines is 1. The van der Waals surface area contributed by atoms with Crippen molar-refractivity contribution >= 4 is 5.91 Å². The van der Waals surface area contributed by atoms with Gasteiger partial charge in [0.05, 0.1) is 0 Å². The van der Waals surface area contributed by atoms with Gasteiger partial charge < -0.3 is 15.2 Å². The molecule has 2 saturated heterocycles. The Morgan fingerprint density at radius 3 is 2.94 bits per heavy atom. The summed E-state index contributed by atoms with van der Waals surface area (Å²) in [5.74, 6) is -0.147. The zero-order valence-electron chi connectivity index (χ0n) is 10.2. The number of rotatable bonds is 1. The van der Waals surface area contributed by atoms with Crippen LogP contribution < -0.4 is 10.7 Å². The molecule has 0 aromatic carbocycles. The minimum absolute atomic E-state index is 0.147. The minimum atomic E-state index is -0.207. The maximum Gasteiger partial charge on any atom is 0.259 e. The van der Waals surface area contributed by atoms with Gasteiger partial charge in [-0.1, -0.05) is 0 Å². The molecule has 0 spiro atoms. The fraction of sp³-hybridized carbons (Fsp3) is 0.538. The first-order valence-corrected chi connectivity index (χ1v) is 6.46. The molecular weight excluding hydrogens is 230 g/mol. The molecule has 0 radical (unpaired) electrons. The average molecular weight is 247 g/mol. The molecular formula is C13H17N3O2. The van der Waals surface area contributed by atoms with Crippen LogP contribution in [0.5, 0.6) is 0 Å². The molecule has 2 N–H and O–H groups in total. The van der Waals surface area contributed by atoms with Crippen molar-refractivity contribution in [2.24, 2.45) is 0 Å². The third kappa shape index (κ3) is 2.06. The van der Waals surface area contributed by atoms with Crippen LogP contribution in [-0.4, -0.2) is 41.0 Å². The van der Waals surface area contributed by atoms with Crippen molar-refractivity contribution in [3.05, 3.63) is 34.2 Å². The number of amides is 1. The van der Waals surface area contributed by atoms with Gasteiger partial charge in [-0.2, -0.15) is 0 Å². The second kappa shape index (κ2) is 4.57. The number of fused-ring (bicyclic) bond motifs is 2. The van der Waals surface area contributed by atoms with Crippen LogP contribution >= 0.6 is 0 Å². The molecule has 1 amide bonds. The van der Waals surface area contributed by atoms with Crippen molar-refractivity contribution in [1.29, 1.82) is 0 Å². The van der Waals surface area contributed by atoms with Crippen molar-refractivity contribution in [3.63, 3.8) is 0 Å². The zero-order valence-corrected chi connectivity index (χ0v) is 10.2. The fourth-order valence-corrected chi connectivity index (χ4v) is 2.88. The monoisotopic (exact) mass is 247 g/mol. The van der Waals surface area contributed by atoms with Crippen LogP contribution in [0.25, 0.3) is 0 Å². The summed E-state index contributed by atoms with van der Waals surface area (Å²) in [5, 5.41) is 3.52. The number of pyridine rings is 1. The summed E-state index contributed by atoms with van der Waals surface area (Å²) in [6.45, 7) is 1.45. The molecule has 3 rings (SSSR count). The summed E-state index contributed by atoms with van der Waals surface area (Å²) >= 11 is 0. The molecule has 2 fully saturated rings. The highest BCUT2D eigenvalue weighted by atomic mass is 16.2. The van der Waals surface area contributed by atoms with E-state index in [9.17, 15) is 9.59 Å². The Kier molecular flexibility index (Phi) is 2.91. The molecule has 3 heterocycles. The van der Waals surface area contributed by atoms with E-state index in [0.717, 1.165) is 19.4 Å². The summed E-state index contributed by atoms with van der Waals surface area (Å²) in [6, 6.07) is 2.33.